The minimum absolute atomic E-state index is 0.171. The van der Waals surface area contributed by atoms with Crippen LogP contribution in [-0.4, -0.2) is 11.2 Å². The Morgan fingerprint density at radius 3 is 2.29 bits per heavy atom. The largest absolute Gasteiger partial charge is 0.573 e. The van der Waals surface area contributed by atoms with Crippen LogP contribution in [0.2, 0.25) is 0 Å². The van der Waals surface area contributed by atoms with Crippen LogP contribution in [0, 0.1) is 0 Å². The molecular weight excluding hydrogens is 297 g/mol. The van der Waals surface area contributed by atoms with Crippen molar-refractivity contribution in [2.24, 2.45) is 0 Å². The number of alkyl halides is 4. The molecule has 17 heavy (non-hydrogen) atoms. The number of hydrogen-bond donors (Lipinski definition) is 0. The van der Waals surface area contributed by atoms with E-state index in [1.54, 1.807) is 12.1 Å². The average Bonchev–Trinajstić information content (AvgIpc) is 2.18. The summed E-state index contributed by atoms with van der Waals surface area (Å²) in [5.41, 5.74) is 1.02. The van der Waals surface area contributed by atoms with Gasteiger partial charge in [0.2, 0.25) is 0 Å². The van der Waals surface area contributed by atoms with E-state index in [0.717, 1.165) is 24.8 Å². The van der Waals surface area contributed by atoms with Gasteiger partial charge in [0, 0.05) is 4.83 Å². The molecule has 0 aliphatic rings. The molecule has 1 nitrogen and oxygen atoms in total. The zero-order chi connectivity index (χ0) is 12.9. The molecule has 0 bridgehead atoms. The third-order valence-electron chi connectivity index (χ3n) is 2.22. The normalized spacial score (nSPS) is 13.5. The van der Waals surface area contributed by atoms with Gasteiger partial charge in [0.05, 0.1) is 0 Å². The molecular formula is C12H14BrF3O. The lowest BCUT2D eigenvalue weighted by Gasteiger charge is -2.09. The van der Waals surface area contributed by atoms with Gasteiger partial charge in [-0.15, -0.1) is 13.2 Å². The van der Waals surface area contributed by atoms with Gasteiger partial charge in [-0.25, -0.2) is 0 Å². The lowest BCUT2D eigenvalue weighted by atomic mass is 10.1. The standard InChI is InChI=1S/C12H14BrF3O/c1-9(13)3-2-4-10-5-7-11(8-6-10)17-12(14,15)16/h5-9H,2-4H2,1H3. The molecule has 1 aromatic carbocycles. The zero-order valence-corrected chi connectivity index (χ0v) is 11.0. The van der Waals surface area contributed by atoms with E-state index in [4.69, 9.17) is 0 Å². The summed E-state index contributed by atoms with van der Waals surface area (Å²) in [6.07, 6.45) is -1.71. The smallest absolute Gasteiger partial charge is 0.406 e. The Bertz CT molecular complexity index is 333. The van der Waals surface area contributed by atoms with Gasteiger partial charge in [-0.2, -0.15) is 0 Å². The van der Waals surface area contributed by atoms with Gasteiger partial charge in [0.1, 0.15) is 5.75 Å². The predicted octanol–water partition coefficient (Wildman–Crippen LogP) is 4.69. The Hall–Kier alpha value is -0.710. The summed E-state index contributed by atoms with van der Waals surface area (Å²) in [6, 6.07) is 6.03. The van der Waals surface area contributed by atoms with Gasteiger partial charge < -0.3 is 4.74 Å². The monoisotopic (exact) mass is 310 g/mol. The number of hydrogen-bond acceptors (Lipinski definition) is 1. The van der Waals surface area contributed by atoms with Crippen LogP contribution in [0.25, 0.3) is 0 Å². The quantitative estimate of drug-likeness (QED) is 0.717. The highest BCUT2D eigenvalue weighted by Gasteiger charge is 2.30. The van der Waals surface area contributed by atoms with Crippen LogP contribution in [0.1, 0.15) is 25.3 Å². The molecule has 0 aromatic heterocycles. The fourth-order valence-corrected chi connectivity index (χ4v) is 1.77. The third-order valence-corrected chi connectivity index (χ3v) is 2.68. The Balaban J connectivity index is 2.45. The molecule has 0 aliphatic heterocycles. The lowest BCUT2D eigenvalue weighted by molar-refractivity contribution is -0.274. The molecule has 0 heterocycles. The SMILES string of the molecule is CC(Br)CCCc1ccc(OC(F)(F)F)cc1. The van der Waals surface area contributed by atoms with Crippen molar-refractivity contribution in [2.45, 2.75) is 37.4 Å². The van der Waals surface area contributed by atoms with Gasteiger partial charge in [-0.05, 0) is 37.0 Å². The van der Waals surface area contributed by atoms with Crippen LogP contribution in [0.4, 0.5) is 13.2 Å². The average molecular weight is 311 g/mol. The number of benzene rings is 1. The fraction of sp³-hybridized carbons (Fsp3) is 0.500. The summed E-state index contributed by atoms with van der Waals surface area (Å²) in [5, 5.41) is 0. The first-order chi connectivity index (χ1) is 7.87. The van der Waals surface area contributed by atoms with E-state index >= 15 is 0 Å². The van der Waals surface area contributed by atoms with Crippen LogP contribution in [0.15, 0.2) is 24.3 Å². The van der Waals surface area contributed by atoms with Crippen LogP contribution >= 0.6 is 15.9 Å². The van der Waals surface area contributed by atoms with Crippen LogP contribution in [0.3, 0.4) is 0 Å². The van der Waals surface area contributed by atoms with Crippen molar-refractivity contribution in [1.82, 2.24) is 0 Å². The van der Waals surface area contributed by atoms with Gasteiger partial charge in [0.15, 0.2) is 0 Å². The maximum absolute atomic E-state index is 11.9. The van der Waals surface area contributed by atoms with Crippen molar-refractivity contribution in [3.05, 3.63) is 29.8 Å². The first kappa shape index (κ1) is 14.4. The Morgan fingerprint density at radius 2 is 1.82 bits per heavy atom. The van der Waals surface area contributed by atoms with Gasteiger partial charge in [0.25, 0.3) is 0 Å². The molecule has 1 rings (SSSR count). The number of halogens is 4. The molecule has 0 aliphatic carbocycles. The first-order valence-electron chi connectivity index (χ1n) is 5.35. The highest BCUT2D eigenvalue weighted by atomic mass is 79.9. The summed E-state index contributed by atoms with van der Waals surface area (Å²) in [7, 11) is 0. The topological polar surface area (TPSA) is 9.23 Å². The van der Waals surface area contributed by atoms with Gasteiger partial charge >= 0.3 is 6.36 Å². The summed E-state index contributed by atoms with van der Waals surface area (Å²) in [6.45, 7) is 2.07. The molecule has 96 valence electrons. The van der Waals surface area contributed by atoms with Crippen LogP contribution in [0.5, 0.6) is 5.75 Å². The summed E-state index contributed by atoms with van der Waals surface area (Å²) in [5.74, 6) is -0.171. The molecule has 1 unspecified atom stereocenters. The molecule has 0 radical (unpaired) electrons. The van der Waals surface area contributed by atoms with E-state index in [1.807, 2.05) is 0 Å². The van der Waals surface area contributed by atoms with Gasteiger partial charge in [-0.3, -0.25) is 0 Å². The molecule has 0 fully saturated rings. The molecule has 1 aromatic rings. The fourth-order valence-electron chi connectivity index (χ4n) is 1.45. The van der Waals surface area contributed by atoms with Gasteiger partial charge in [-0.1, -0.05) is 35.0 Å². The van der Waals surface area contributed by atoms with Crippen LogP contribution < -0.4 is 4.74 Å². The van der Waals surface area contributed by atoms with E-state index in [2.05, 4.69) is 27.6 Å². The van der Waals surface area contributed by atoms with E-state index < -0.39 is 6.36 Å². The molecule has 0 saturated heterocycles. The van der Waals surface area contributed by atoms with Crippen molar-refractivity contribution < 1.29 is 17.9 Å². The Labute approximate surface area is 107 Å². The van der Waals surface area contributed by atoms with Crippen molar-refractivity contribution in [3.63, 3.8) is 0 Å². The molecule has 5 heteroatoms. The van der Waals surface area contributed by atoms with E-state index in [-0.39, 0.29) is 5.75 Å². The lowest BCUT2D eigenvalue weighted by Crippen LogP contribution is -2.17. The molecule has 1 atom stereocenters. The van der Waals surface area contributed by atoms with Crippen molar-refractivity contribution in [2.75, 3.05) is 0 Å². The minimum atomic E-state index is -4.62. The summed E-state index contributed by atoms with van der Waals surface area (Å²) >= 11 is 3.45. The van der Waals surface area contributed by atoms with Crippen molar-refractivity contribution in [1.29, 1.82) is 0 Å². The van der Waals surface area contributed by atoms with Crippen LogP contribution in [-0.2, 0) is 6.42 Å². The summed E-state index contributed by atoms with van der Waals surface area (Å²) in [4.78, 5) is 0.468. The predicted molar refractivity (Wildman–Crippen MR) is 64.5 cm³/mol. The second kappa shape index (κ2) is 6.28. The number of rotatable bonds is 5. The maximum Gasteiger partial charge on any atom is 0.573 e. The first-order valence-corrected chi connectivity index (χ1v) is 6.27. The molecule has 0 saturated carbocycles. The van der Waals surface area contributed by atoms with E-state index in [9.17, 15) is 13.2 Å². The summed E-state index contributed by atoms with van der Waals surface area (Å²) < 4.78 is 39.5. The number of ether oxygens (including phenoxy) is 1. The third kappa shape index (κ3) is 6.56. The molecule has 0 amide bonds. The van der Waals surface area contributed by atoms with E-state index in [1.165, 1.54) is 12.1 Å². The second-order valence-electron chi connectivity index (χ2n) is 3.86. The second-order valence-corrected chi connectivity index (χ2v) is 5.43. The number of aryl methyl sites for hydroxylation is 1. The van der Waals surface area contributed by atoms with Crippen molar-refractivity contribution in [3.8, 4) is 5.75 Å². The Kier molecular flexibility index (Phi) is 5.31. The highest BCUT2D eigenvalue weighted by molar-refractivity contribution is 9.09. The molecule has 0 N–H and O–H groups in total. The molecule has 0 spiro atoms. The van der Waals surface area contributed by atoms with Crippen molar-refractivity contribution >= 4 is 15.9 Å². The maximum atomic E-state index is 11.9. The Morgan fingerprint density at radius 1 is 1.24 bits per heavy atom. The van der Waals surface area contributed by atoms with E-state index in [0.29, 0.717) is 4.83 Å². The highest BCUT2D eigenvalue weighted by Crippen LogP contribution is 2.23. The minimum Gasteiger partial charge on any atom is -0.406 e. The zero-order valence-electron chi connectivity index (χ0n) is 9.43.